The summed E-state index contributed by atoms with van der Waals surface area (Å²) < 4.78 is 13.1. The first-order valence-corrected chi connectivity index (χ1v) is 10.9. The van der Waals surface area contributed by atoms with Gasteiger partial charge in [0.2, 0.25) is 0 Å². The highest BCUT2D eigenvalue weighted by atomic mass is 32.1. The van der Waals surface area contributed by atoms with Gasteiger partial charge < -0.3 is 8.83 Å². The van der Waals surface area contributed by atoms with Crippen molar-refractivity contribution in [2.24, 2.45) is 0 Å². The van der Waals surface area contributed by atoms with E-state index in [2.05, 4.69) is 18.2 Å². The molecule has 6 heteroatoms. The molecule has 0 atom stereocenters. The third kappa shape index (κ3) is 2.94. The monoisotopic (exact) mass is 444 g/mol. The number of carbonyl (C=O) groups excluding carboxylic acids is 1. The van der Waals surface area contributed by atoms with Gasteiger partial charge in [0.1, 0.15) is 29.2 Å². The number of thiophene rings is 1. The summed E-state index contributed by atoms with van der Waals surface area (Å²) in [5.41, 5.74) is 2.64. The van der Waals surface area contributed by atoms with Gasteiger partial charge in [-0.2, -0.15) is 10.5 Å². The van der Waals surface area contributed by atoms with Crippen LogP contribution in [-0.4, -0.2) is 5.78 Å². The molecule has 0 N–H and O–H groups in total. The lowest BCUT2D eigenvalue weighted by Gasteiger charge is -2.00. The summed E-state index contributed by atoms with van der Waals surface area (Å²) >= 11 is 1.64. The van der Waals surface area contributed by atoms with Crippen molar-refractivity contribution in [1.82, 2.24) is 0 Å². The molecule has 1 aliphatic rings. The van der Waals surface area contributed by atoms with E-state index in [1.807, 2.05) is 30.3 Å². The second-order valence-electron chi connectivity index (χ2n) is 7.54. The molecular weight excluding hydrogens is 432 g/mol. The second-order valence-corrected chi connectivity index (χ2v) is 8.63. The van der Waals surface area contributed by atoms with Crippen molar-refractivity contribution in [3.05, 3.63) is 94.8 Å². The zero-order valence-electron chi connectivity index (χ0n) is 17.0. The molecule has 0 saturated carbocycles. The van der Waals surface area contributed by atoms with Crippen LogP contribution in [0.25, 0.3) is 43.5 Å². The standard InChI is InChI=1S/C27H12N2O3S/c28-13-16(14-29)26-18-6-2-3-7-19(18)27(30)20(26)10-17-11-21-22(31-17)12-23(32-21)25-9-15-5-1-4-8-24(15)33-25/h1-12H/b20-10-. The molecule has 5 nitrogen and oxygen atoms in total. The van der Waals surface area contributed by atoms with Crippen molar-refractivity contribution in [1.29, 1.82) is 10.5 Å². The number of hydrogen-bond acceptors (Lipinski definition) is 6. The fourth-order valence-electron chi connectivity index (χ4n) is 4.14. The van der Waals surface area contributed by atoms with Crippen LogP contribution in [0, 0.1) is 22.7 Å². The van der Waals surface area contributed by atoms with Crippen LogP contribution < -0.4 is 0 Å². The number of nitriles is 2. The molecule has 154 valence electrons. The van der Waals surface area contributed by atoms with Crippen molar-refractivity contribution < 1.29 is 13.6 Å². The Morgan fingerprint density at radius 1 is 0.879 bits per heavy atom. The number of hydrogen-bond donors (Lipinski definition) is 0. The predicted octanol–water partition coefficient (Wildman–Crippen LogP) is 6.99. The number of ketones is 1. The van der Waals surface area contributed by atoms with Gasteiger partial charge in [-0.15, -0.1) is 11.3 Å². The van der Waals surface area contributed by atoms with Crippen molar-refractivity contribution in [3.8, 4) is 22.8 Å². The predicted molar refractivity (Wildman–Crippen MR) is 126 cm³/mol. The second kappa shape index (κ2) is 7.20. The van der Waals surface area contributed by atoms with E-state index in [0.29, 0.717) is 39.4 Å². The summed E-state index contributed by atoms with van der Waals surface area (Å²) in [6.07, 6.45) is 1.57. The summed E-state index contributed by atoms with van der Waals surface area (Å²) in [7, 11) is 0. The number of Topliss-reactive ketones (excluding diaryl/α,β-unsaturated/α-hetero) is 1. The first-order valence-electron chi connectivity index (χ1n) is 10.1. The summed E-state index contributed by atoms with van der Waals surface area (Å²) in [6, 6.07) is 24.5. The van der Waals surface area contributed by atoms with E-state index >= 15 is 0 Å². The number of rotatable bonds is 2. The Labute approximate surface area is 191 Å². The fourth-order valence-corrected chi connectivity index (χ4v) is 5.15. The van der Waals surface area contributed by atoms with Crippen LogP contribution in [0.15, 0.2) is 86.7 Å². The maximum absolute atomic E-state index is 13.0. The summed E-state index contributed by atoms with van der Waals surface area (Å²) in [5.74, 6) is 0.878. The largest absolute Gasteiger partial charge is 0.453 e. The number of nitrogens with zero attached hydrogens (tertiary/aromatic N) is 2. The Kier molecular flexibility index (Phi) is 4.16. The quantitative estimate of drug-likeness (QED) is 0.216. The lowest BCUT2D eigenvalue weighted by atomic mass is 9.99. The Balaban J connectivity index is 1.43. The van der Waals surface area contributed by atoms with Gasteiger partial charge in [-0.25, -0.2) is 0 Å². The molecule has 0 spiro atoms. The van der Waals surface area contributed by atoms with E-state index in [1.165, 1.54) is 4.70 Å². The molecule has 0 amide bonds. The van der Waals surface area contributed by atoms with Gasteiger partial charge in [-0.1, -0.05) is 42.5 Å². The van der Waals surface area contributed by atoms with Crippen LogP contribution in [0.2, 0.25) is 0 Å². The molecule has 3 aromatic heterocycles. The summed E-state index contributed by atoms with van der Waals surface area (Å²) in [5, 5.41) is 20.0. The van der Waals surface area contributed by atoms with E-state index in [9.17, 15) is 15.3 Å². The molecule has 0 bridgehead atoms. The molecule has 0 aliphatic heterocycles. The molecule has 2 aromatic carbocycles. The van der Waals surface area contributed by atoms with E-state index in [1.54, 1.807) is 47.7 Å². The average Bonchev–Trinajstić information content (AvgIpc) is 3.57. The van der Waals surface area contributed by atoms with Crippen LogP contribution in [0.1, 0.15) is 21.7 Å². The van der Waals surface area contributed by atoms with Gasteiger partial charge in [0.25, 0.3) is 0 Å². The van der Waals surface area contributed by atoms with E-state index < -0.39 is 0 Å². The Bertz CT molecular complexity index is 1680. The van der Waals surface area contributed by atoms with Gasteiger partial charge in [0.15, 0.2) is 16.9 Å². The summed E-state index contributed by atoms with van der Waals surface area (Å²) in [4.78, 5) is 14.0. The van der Waals surface area contributed by atoms with Gasteiger partial charge in [0.05, 0.1) is 4.88 Å². The fraction of sp³-hybridized carbons (Fsp3) is 0. The van der Waals surface area contributed by atoms with Crippen molar-refractivity contribution >= 4 is 50.0 Å². The minimum Gasteiger partial charge on any atom is -0.453 e. The van der Waals surface area contributed by atoms with Crippen LogP contribution in [0.3, 0.4) is 0 Å². The molecule has 0 fully saturated rings. The number of furan rings is 2. The van der Waals surface area contributed by atoms with Gasteiger partial charge in [0, 0.05) is 33.5 Å². The van der Waals surface area contributed by atoms with Crippen LogP contribution in [0.4, 0.5) is 0 Å². The maximum atomic E-state index is 13.0. The minimum absolute atomic E-state index is 0.109. The van der Waals surface area contributed by atoms with Crippen LogP contribution in [-0.2, 0) is 0 Å². The third-order valence-corrected chi connectivity index (χ3v) is 6.74. The third-order valence-electron chi connectivity index (χ3n) is 5.61. The number of benzene rings is 2. The molecule has 5 aromatic rings. The van der Waals surface area contributed by atoms with E-state index in [4.69, 9.17) is 8.83 Å². The lowest BCUT2D eigenvalue weighted by molar-refractivity contribution is 0.104. The zero-order valence-corrected chi connectivity index (χ0v) is 17.8. The molecule has 0 unspecified atom stereocenters. The number of allylic oxidation sites excluding steroid dienone is 3. The van der Waals surface area contributed by atoms with Crippen molar-refractivity contribution in [3.63, 3.8) is 0 Å². The Morgan fingerprint density at radius 2 is 1.61 bits per heavy atom. The Morgan fingerprint density at radius 3 is 2.36 bits per heavy atom. The normalized spacial score (nSPS) is 14.1. The number of carbonyl (C=O) groups is 1. The zero-order chi connectivity index (χ0) is 22.5. The SMILES string of the molecule is N#CC(C#N)=C1/C(=C/c2cc3oc(-c4cc5ccccc5s4)cc3o2)C(=O)c2ccccc21. The molecule has 0 radical (unpaired) electrons. The van der Waals surface area contributed by atoms with Crippen LogP contribution in [0.5, 0.6) is 0 Å². The van der Waals surface area contributed by atoms with E-state index in [-0.39, 0.29) is 16.9 Å². The Hall–Kier alpha value is -4.65. The maximum Gasteiger partial charge on any atom is 0.194 e. The minimum atomic E-state index is -0.248. The van der Waals surface area contributed by atoms with Crippen LogP contribution >= 0.6 is 11.3 Å². The highest BCUT2D eigenvalue weighted by Gasteiger charge is 2.32. The highest BCUT2D eigenvalue weighted by molar-refractivity contribution is 7.22. The van der Waals surface area contributed by atoms with Gasteiger partial charge >= 0.3 is 0 Å². The topological polar surface area (TPSA) is 90.9 Å². The lowest BCUT2D eigenvalue weighted by Crippen LogP contribution is -1.95. The van der Waals surface area contributed by atoms with E-state index in [0.717, 1.165) is 10.3 Å². The average molecular weight is 444 g/mol. The molecular formula is C27H12N2O3S. The summed E-state index contributed by atoms with van der Waals surface area (Å²) in [6.45, 7) is 0. The highest BCUT2D eigenvalue weighted by Crippen LogP contribution is 2.41. The molecule has 1 aliphatic carbocycles. The smallest absolute Gasteiger partial charge is 0.194 e. The molecule has 6 rings (SSSR count). The number of fused-ring (bicyclic) bond motifs is 3. The first kappa shape index (κ1) is 19.1. The van der Waals surface area contributed by atoms with Gasteiger partial charge in [-0.05, 0) is 29.2 Å². The van der Waals surface area contributed by atoms with Gasteiger partial charge in [-0.3, -0.25) is 4.79 Å². The van der Waals surface area contributed by atoms with Crippen molar-refractivity contribution in [2.45, 2.75) is 0 Å². The van der Waals surface area contributed by atoms with Crippen molar-refractivity contribution in [2.75, 3.05) is 0 Å². The molecule has 3 heterocycles. The molecule has 0 saturated heterocycles. The molecule has 33 heavy (non-hydrogen) atoms. The first-order chi connectivity index (χ1) is 16.2.